The topological polar surface area (TPSA) is 41.1 Å². The zero-order chi connectivity index (χ0) is 12.7. The molecule has 1 amide bonds. The third-order valence-corrected chi connectivity index (χ3v) is 3.60. The smallest absolute Gasteiger partial charge is 0.239 e. The Bertz CT molecular complexity index is 364. The second kappa shape index (κ2) is 7.53. The lowest BCUT2D eigenvalue weighted by atomic mass is 10.2. The second-order valence-electron chi connectivity index (χ2n) is 3.91. The lowest BCUT2D eigenvalue weighted by Gasteiger charge is -2.15. The van der Waals surface area contributed by atoms with Crippen molar-refractivity contribution in [2.75, 3.05) is 11.9 Å². The number of halogens is 1. The minimum Gasteiger partial charge on any atom is -0.375 e. The van der Waals surface area contributed by atoms with Crippen LogP contribution < -0.4 is 10.6 Å². The van der Waals surface area contributed by atoms with Gasteiger partial charge < -0.3 is 10.6 Å². The van der Waals surface area contributed by atoms with Gasteiger partial charge in [0, 0.05) is 15.3 Å². The van der Waals surface area contributed by atoms with Gasteiger partial charge in [0.1, 0.15) is 0 Å². The molecule has 0 bridgehead atoms. The van der Waals surface area contributed by atoms with Gasteiger partial charge in [-0.15, -0.1) is 0 Å². The molecule has 1 aromatic carbocycles. The lowest BCUT2D eigenvalue weighted by Crippen LogP contribution is -2.37. The first kappa shape index (κ1) is 14.3. The van der Waals surface area contributed by atoms with Crippen LogP contribution in [-0.4, -0.2) is 18.5 Å². The number of carbonyl (C=O) groups excluding carboxylic acids is 1. The minimum atomic E-state index is 0.0540. The van der Waals surface area contributed by atoms with Crippen LogP contribution in [0.1, 0.15) is 26.7 Å². The van der Waals surface area contributed by atoms with E-state index in [1.165, 1.54) is 0 Å². The highest BCUT2D eigenvalue weighted by Crippen LogP contribution is 2.16. The number of para-hydroxylation sites is 1. The summed E-state index contributed by atoms with van der Waals surface area (Å²) in [6, 6.07) is 8.23. The molecule has 0 saturated carbocycles. The third kappa shape index (κ3) is 4.93. The standard InChI is InChI=1S/C13H19IN2O/c1-3-10(4-2)16-13(17)9-15-12-8-6-5-7-11(12)14/h5-8,10,15H,3-4,9H2,1-2H3,(H,16,17). The number of nitrogens with one attached hydrogen (secondary N) is 2. The van der Waals surface area contributed by atoms with Crippen molar-refractivity contribution in [3.8, 4) is 0 Å². The number of carbonyl (C=O) groups is 1. The first-order chi connectivity index (χ1) is 8.17. The SMILES string of the molecule is CCC(CC)NC(=O)CNc1ccccc1I. The van der Waals surface area contributed by atoms with Gasteiger partial charge in [-0.1, -0.05) is 26.0 Å². The maximum atomic E-state index is 11.7. The van der Waals surface area contributed by atoms with E-state index in [9.17, 15) is 4.79 Å². The monoisotopic (exact) mass is 346 g/mol. The summed E-state index contributed by atoms with van der Waals surface area (Å²) in [5.74, 6) is 0.0540. The Kier molecular flexibility index (Phi) is 6.32. The van der Waals surface area contributed by atoms with Crippen molar-refractivity contribution < 1.29 is 4.79 Å². The van der Waals surface area contributed by atoms with Crippen LogP contribution in [0, 0.1) is 3.57 Å². The van der Waals surface area contributed by atoms with E-state index < -0.39 is 0 Å². The first-order valence-electron chi connectivity index (χ1n) is 5.95. The number of amides is 1. The maximum Gasteiger partial charge on any atom is 0.239 e. The molecule has 0 unspecified atom stereocenters. The normalized spacial score (nSPS) is 10.4. The molecule has 4 heteroatoms. The molecule has 94 valence electrons. The van der Waals surface area contributed by atoms with E-state index in [0.717, 1.165) is 22.1 Å². The maximum absolute atomic E-state index is 11.7. The van der Waals surface area contributed by atoms with E-state index in [1.54, 1.807) is 0 Å². The van der Waals surface area contributed by atoms with Gasteiger partial charge in [0.25, 0.3) is 0 Å². The Morgan fingerprint density at radius 1 is 1.29 bits per heavy atom. The molecular weight excluding hydrogens is 327 g/mol. The molecule has 2 N–H and O–H groups in total. The number of anilines is 1. The van der Waals surface area contributed by atoms with Crippen LogP contribution in [0.5, 0.6) is 0 Å². The highest BCUT2D eigenvalue weighted by atomic mass is 127. The molecule has 0 fully saturated rings. The van der Waals surface area contributed by atoms with Gasteiger partial charge in [-0.25, -0.2) is 0 Å². The van der Waals surface area contributed by atoms with E-state index in [4.69, 9.17) is 0 Å². The average molecular weight is 346 g/mol. The predicted molar refractivity (Wildman–Crippen MR) is 80.2 cm³/mol. The molecule has 1 aromatic rings. The predicted octanol–water partition coefficient (Wildman–Crippen LogP) is 3.01. The molecule has 0 atom stereocenters. The largest absolute Gasteiger partial charge is 0.375 e. The van der Waals surface area contributed by atoms with E-state index in [2.05, 4.69) is 47.1 Å². The quantitative estimate of drug-likeness (QED) is 0.778. The van der Waals surface area contributed by atoms with Crippen molar-refractivity contribution in [1.82, 2.24) is 5.32 Å². The van der Waals surface area contributed by atoms with Gasteiger partial charge in [-0.3, -0.25) is 4.79 Å². The fourth-order valence-electron chi connectivity index (χ4n) is 1.55. The van der Waals surface area contributed by atoms with E-state index in [1.807, 2.05) is 24.3 Å². The minimum absolute atomic E-state index is 0.0540. The molecule has 0 aliphatic heterocycles. The molecule has 0 spiro atoms. The van der Waals surface area contributed by atoms with Gasteiger partial charge >= 0.3 is 0 Å². The molecule has 0 aliphatic carbocycles. The molecule has 0 saturated heterocycles. The molecule has 0 aromatic heterocycles. The summed E-state index contributed by atoms with van der Waals surface area (Å²) in [4.78, 5) is 11.7. The summed E-state index contributed by atoms with van der Waals surface area (Å²) in [5, 5.41) is 6.15. The summed E-state index contributed by atoms with van der Waals surface area (Å²) in [7, 11) is 0. The summed E-state index contributed by atoms with van der Waals surface area (Å²) < 4.78 is 1.13. The second-order valence-corrected chi connectivity index (χ2v) is 5.08. The van der Waals surface area contributed by atoms with E-state index >= 15 is 0 Å². The van der Waals surface area contributed by atoms with E-state index in [0.29, 0.717) is 12.6 Å². The summed E-state index contributed by atoms with van der Waals surface area (Å²) in [6.45, 7) is 4.50. The van der Waals surface area contributed by atoms with Crippen molar-refractivity contribution in [3.05, 3.63) is 27.8 Å². The zero-order valence-corrected chi connectivity index (χ0v) is 12.5. The molecule has 0 heterocycles. The van der Waals surface area contributed by atoms with Gasteiger partial charge in [0.05, 0.1) is 6.54 Å². The Morgan fingerprint density at radius 3 is 2.53 bits per heavy atom. The molecular formula is C13H19IN2O. The van der Waals surface area contributed by atoms with Gasteiger partial charge in [-0.2, -0.15) is 0 Å². The van der Waals surface area contributed by atoms with Crippen molar-refractivity contribution >= 4 is 34.2 Å². The van der Waals surface area contributed by atoms with Crippen LogP contribution in [0.4, 0.5) is 5.69 Å². The van der Waals surface area contributed by atoms with Gasteiger partial charge in [0.15, 0.2) is 0 Å². The Morgan fingerprint density at radius 2 is 1.94 bits per heavy atom. The number of rotatable bonds is 6. The Labute approximate surface area is 117 Å². The third-order valence-electron chi connectivity index (χ3n) is 2.66. The highest BCUT2D eigenvalue weighted by Gasteiger charge is 2.08. The fraction of sp³-hybridized carbons (Fsp3) is 0.462. The Hall–Kier alpha value is -0.780. The van der Waals surface area contributed by atoms with E-state index in [-0.39, 0.29) is 5.91 Å². The molecule has 0 radical (unpaired) electrons. The fourth-order valence-corrected chi connectivity index (χ4v) is 2.13. The summed E-state index contributed by atoms with van der Waals surface area (Å²) >= 11 is 2.25. The van der Waals surface area contributed by atoms with Crippen LogP contribution in [0.15, 0.2) is 24.3 Å². The van der Waals surface area contributed by atoms with Crippen molar-refractivity contribution in [1.29, 1.82) is 0 Å². The molecule has 17 heavy (non-hydrogen) atoms. The van der Waals surface area contributed by atoms with Crippen LogP contribution in [0.3, 0.4) is 0 Å². The highest BCUT2D eigenvalue weighted by molar-refractivity contribution is 14.1. The van der Waals surface area contributed by atoms with Crippen LogP contribution in [0.25, 0.3) is 0 Å². The lowest BCUT2D eigenvalue weighted by molar-refractivity contribution is -0.120. The first-order valence-corrected chi connectivity index (χ1v) is 7.03. The van der Waals surface area contributed by atoms with Crippen molar-refractivity contribution in [2.45, 2.75) is 32.7 Å². The number of hydrogen-bond donors (Lipinski definition) is 2. The molecule has 3 nitrogen and oxygen atoms in total. The molecule has 1 rings (SSSR count). The van der Waals surface area contributed by atoms with Crippen LogP contribution in [0.2, 0.25) is 0 Å². The zero-order valence-electron chi connectivity index (χ0n) is 10.3. The van der Waals surface area contributed by atoms with Gasteiger partial charge in [-0.05, 0) is 47.6 Å². The van der Waals surface area contributed by atoms with Crippen molar-refractivity contribution in [3.63, 3.8) is 0 Å². The Balaban J connectivity index is 2.41. The molecule has 0 aliphatic rings. The van der Waals surface area contributed by atoms with Crippen molar-refractivity contribution in [2.24, 2.45) is 0 Å². The summed E-state index contributed by atoms with van der Waals surface area (Å²) in [5.41, 5.74) is 1.01. The number of hydrogen-bond acceptors (Lipinski definition) is 2. The van der Waals surface area contributed by atoms with Gasteiger partial charge in [0.2, 0.25) is 5.91 Å². The van der Waals surface area contributed by atoms with Crippen LogP contribution >= 0.6 is 22.6 Å². The summed E-state index contributed by atoms with van der Waals surface area (Å²) in [6.07, 6.45) is 1.95. The number of benzene rings is 1. The average Bonchev–Trinajstić information content (AvgIpc) is 2.35. The van der Waals surface area contributed by atoms with Crippen LogP contribution in [-0.2, 0) is 4.79 Å².